The Bertz CT molecular complexity index is 1080. The fourth-order valence-corrected chi connectivity index (χ4v) is 3.14. The molecule has 0 spiro atoms. The molecule has 27 heavy (non-hydrogen) atoms. The van der Waals surface area contributed by atoms with Gasteiger partial charge in [-0.1, -0.05) is 12.1 Å². The van der Waals surface area contributed by atoms with Crippen LogP contribution in [0.25, 0.3) is 22.7 Å². The molecule has 0 radical (unpaired) electrons. The fourth-order valence-electron chi connectivity index (χ4n) is 3.14. The maximum Gasteiger partial charge on any atom is 0.237 e. The molecule has 7 heteroatoms. The van der Waals surface area contributed by atoms with E-state index in [1.54, 1.807) is 30.6 Å². The second-order valence-electron chi connectivity index (χ2n) is 6.29. The van der Waals surface area contributed by atoms with Crippen molar-refractivity contribution in [3.63, 3.8) is 0 Å². The zero-order chi connectivity index (χ0) is 18.2. The smallest absolute Gasteiger partial charge is 0.237 e. The van der Waals surface area contributed by atoms with E-state index < -0.39 is 0 Å². The van der Waals surface area contributed by atoms with Crippen LogP contribution in [0, 0.1) is 5.82 Å². The van der Waals surface area contributed by atoms with Gasteiger partial charge in [0.25, 0.3) is 0 Å². The van der Waals surface area contributed by atoms with Crippen LogP contribution >= 0.6 is 0 Å². The third kappa shape index (κ3) is 2.97. The topological polar surface area (TPSA) is 64.3 Å². The normalized spacial score (nSPS) is 13.4. The summed E-state index contributed by atoms with van der Waals surface area (Å²) < 4.78 is 24.6. The highest BCUT2D eigenvalue weighted by atomic mass is 19.1. The number of hydrogen-bond acceptors (Lipinski definition) is 6. The van der Waals surface area contributed by atoms with E-state index in [1.165, 1.54) is 12.1 Å². The number of nitrogens with zero attached hydrogens (tertiary/aromatic N) is 4. The molecule has 5 rings (SSSR count). The highest BCUT2D eigenvalue weighted by molar-refractivity contribution is 5.73. The van der Waals surface area contributed by atoms with Crippen LogP contribution < -0.4 is 9.64 Å². The van der Waals surface area contributed by atoms with Gasteiger partial charge in [-0.2, -0.15) is 4.98 Å². The SMILES string of the molecule is Fc1ccc(CN2CCOc3ncc(-c4nc5ncccc5o4)cc32)cc1. The van der Waals surface area contributed by atoms with Gasteiger partial charge in [-0.05, 0) is 35.9 Å². The Kier molecular flexibility index (Phi) is 3.71. The van der Waals surface area contributed by atoms with E-state index in [-0.39, 0.29) is 5.82 Å². The Morgan fingerprint density at radius 1 is 1.11 bits per heavy atom. The van der Waals surface area contributed by atoms with E-state index in [9.17, 15) is 4.39 Å². The lowest BCUT2D eigenvalue weighted by atomic mass is 10.1. The average molecular weight is 362 g/mol. The number of ether oxygens (including phenoxy) is 1. The van der Waals surface area contributed by atoms with Crippen LogP contribution in [0.3, 0.4) is 0 Å². The Morgan fingerprint density at radius 3 is 2.85 bits per heavy atom. The molecule has 0 bridgehead atoms. The van der Waals surface area contributed by atoms with E-state index in [0.717, 1.165) is 16.8 Å². The van der Waals surface area contributed by atoms with Gasteiger partial charge in [-0.25, -0.2) is 14.4 Å². The molecule has 0 N–H and O–H groups in total. The van der Waals surface area contributed by atoms with Crippen LogP contribution in [0.4, 0.5) is 10.1 Å². The molecule has 0 amide bonds. The van der Waals surface area contributed by atoms with E-state index in [0.29, 0.717) is 42.7 Å². The molecule has 3 aromatic heterocycles. The molecule has 134 valence electrons. The van der Waals surface area contributed by atoms with Gasteiger partial charge < -0.3 is 14.1 Å². The number of hydrogen-bond donors (Lipinski definition) is 0. The minimum Gasteiger partial charge on any atom is -0.474 e. The number of anilines is 1. The number of pyridine rings is 2. The van der Waals surface area contributed by atoms with Crippen molar-refractivity contribution in [3.05, 3.63) is 66.2 Å². The first-order chi connectivity index (χ1) is 13.3. The predicted molar refractivity (Wildman–Crippen MR) is 98.0 cm³/mol. The van der Waals surface area contributed by atoms with Crippen molar-refractivity contribution in [2.75, 3.05) is 18.1 Å². The van der Waals surface area contributed by atoms with E-state index in [1.807, 2.05) is 12.1 Å². The molecule has 0 aliphatic carbocycles. The van der Waals surface area contributed by atoms with Gasteiger partial charge in [-0.3, -0.25) is 0 Å². The molecule has 6 nitrogen and oxygen atoms in total. The minimum absolute atomic E-state index is 0.241. The highest BCUT2D eigenvalue weighted by Gasteiger charge is 2.22. The van der Waals surface area contributed by atoms with E-state index in [2.05, 4.69) is 19.9 Å². The lowest BCUT2D eigenvalue weighted by Crippen LogP contribution is -2.32. The number of rotatable bonds is 3. The van der Waals surface area contributed by atoms with Gasteiger partial charge in [0.15, 0.2) is 11.2 Å². The summed E-state index contributed by atoms with van der Waals surface area (Å²) >= 11 is 0. The Morgan fingerprint density at radius 2 is 2.00 bits per heavy atom. The zero-order valence-corrected chi connectivity index (χ0v) is 14.3. The Hall–Kier alpha value is -3.48. The third-order valence-corrected chi connectivity index (χ3v) is 4.47. The first-order valence-electron chi connectivity index (χ1n) is 8.60. The number of fused-ring (bicyclic) bond motifs is 2. The molecular weight excluding hydrogens is 347 g/mol. The number of aromatic nitrogens is 3. The summed E-state index contributed by atoms with van der Waals surface area (Å²) in [5, 5.41) is 0. The van der Waals surface area contributed by atoms with Gasteiger partial charge in [0.2, 0.25) is 11.8 Å². The molecule has 0 saturated heterocycles. The summed E-state index contributed by atoms with van der Waals surface area (Å²) in [7, 11) is 0. The highest BCUT2D eigenvalue weighted by Crippen LogP contribution is 2.34. The number of halogens is 1. The van der Waals surface area contributed by atoms with Gasteiger partial charge in [0.05, 0.1) is 12.1 Å². The molecule has 0 atom stereocenters. The van der Waals surface area contributed by atoms with E-state index in [4.69, 9.17) is 9.15 Å². The van der Waals surface area contributed by atoms with Crippen LogP contribution in [0.15, 0.2) is 59.3 Å². The minimum atomic E-state index is -0.241. The van der Waals surface area contributed by atoms with Crippen LogP contribution in [-0.4, -0.2) is 28.1 Å². The van der Waals surface area contributed by atoms with Crippen molar-refractivity contribution < 1.29 is 13.5 Å². The molecule has 0 fully saturated rings. The van der Waals surface area contributed by atoms with Crippen molar-refractivity contribution in [2.45, 2.75) is 6.54 Å². The Balaban J connectivity index is 1.51. The molecule has 0 unspecified atom stereocenters. The fraction of sp³-hybridized carbons (Fsp3) is 0.150. The number of benzene rings is 1. The largest absolute Gasteiger partial charge is 0.474 e. The molecular formula is C20H15FN4O2. The first-order valence-corrected chi connectivity index (χ1v) is 8.60. The summed E-state index contributed by atoms with van der Waals surface area (Å²) in [5.41, 5.74) is 3.81. The lowest BCUT2D eigenvalue weighted by molar-refractivity contribution is 0.294. The van der Waals surface area contributed by atoms with Crippen LogP contribution in [0.2, 0.25) is 0 Å². The third-order valence-electron chi connectivity index (χ3n) is 4.47. The van der Waals surface area contributed by atoms with Crippen LogP contribution in [-0.2, 0) is 6.54 Å². The van der Waals surface area contributed by atoms with Crippen molar-refractivity contribution in [1.29, 1.82) is 0 Å². The zero-order valence-electron chi connectivity index (χ0n) is 14.3. The van der Waals surface area contributed by atoms with E-state index >= 15 is 0 Å². The standard InChI is InChI=1S/C20H15FN4O2/c21-15-5-3-13(4-6-15)12-25-8-9-26-20-16(25)10-14(11-23-20)19-24-18-17(27-19)2-1-7-22-18/h1-7,10-11H,8-9,12H2. The predicted octanol–water partition coefficient (Wildman–Crippen LogP) is 3.82. The first kappa shape index (κ1) is 15.7. The van der Waals surface area contributed by atoms with Gasteiger partial charge in [0, 0.05) is 18.9 Å². The molecule has 4 heterocycles. The van der Waals surface area contributed by atoms with Gasteiger partial charge in [0.1, 0.15) is 18.1 Å². The molecule has 1 aromatic carbocycles. The number of oxazole rings is 1. The lowest BCUT2D eigenvalue weighted by Gasteiger charge is -2.30. The molecule has 1 aliphatic rings. The molecule has 4 aromatic rings. The summed E-state index contributed by atoms with van der Waals surface area (Å²) in [6.07, 6.45) is 3.36. The quantitative estimate of drug-likeness (QED) is 0.552. The van der Waals surface area contributed by atoms with Crippen molar-refractivity contribution in [3.8, 4) is 17.3 Å². The van der Waals surface area contributed by atoms with Crippen molar-refractivity contribution >= 4 is 16.9 Å². The van der Waals surface area contributed by atoms with Crippen LogP contribution in [0.1, 0.15) is 5.56 Å². The van der Waals surface area contributed by atoms with Crippen LogP contribution in [0.5, 0.6) is 5.88 Å². The van der Waals surface area contributed by atoms with Gasteiger partial charge >= 0.3 is 0 Å². The van der Waals surface area contributed by atoms with Crippen molar-refractivity contribution in [1.82, 2.24) is 15.0 Å². The summed E-state index contributed by atoms with van der Waals surface area (Å²) in [6, 6.07) is 12.1. The average Bonchev–Trinajstić information content (AvgIpc) is 3.14. The summed E-state index contributed by atoms with van der Waals surface area (Å²) in [4.78, 5) is 15.2. The maximum absolute atomic E-state index is 13.2. The monoisotopic (exact) mass is 362 g/mol. The molecule has 0 saturated carbocycles. The van der Waals surface area contributed by atoms with Crippen molar-refractivity contribution in [2.24, 2.45) is 0 Å². The second-order valence-corrected chi connectivity index (χ2v) is 6.29. The maximum atomic E-state index is 13.2. The summed E-state index contributed by atoms with van der Waals surface area (Å²) in [6.45, 7) is 1.90. The van der Waals surface area contributed by atoms with Gasteiger partial charge in [-0.15, -0.1) is 0 Å². The summed E-state index contributed by atoms with van der Waals surface area (Å²) in [5.74, 6) is 0.794. The Labute approximate surface area is 154 Å². The molecule has 1 aliphatic heterocycles. The second kappa shape index (κ2) is 6.35.